The van der Waals surface area contributed by atoms with Gasteiger partial charge in [-0.15, -0.1) is 11.8 Å². The van der Waals surface area contributed by atoms with Gasteiger partial charge in [0, 0.05) is 18.8 Å². The Bertz CT molecular complexity index is 765. The number of alkyl halides is 3. The van der Waals surface area contributed by atoms with Crippen LogP contribution in [0.5, 0.6) is 0 Å². The largest absolute Gasteiger partial charge is 0.490 e. The van der Waals surface area contributed by atoms with Crippen LogP contribution in [0.4, 0.5) is 23.2 Å². The summed E-state index contributed by atoms with van der Waals surface area (Å²) in [5.74, 6) is -1.53. The number of aliphatic carboxylic acids is 1. The zero-order chi connectivity index (χ0) is 22.7. The van der Waals surface area contributed by atoms with E-state index in [1.54, 1.807) is 28.8 Å². The predicted octanol–water partition coefficient (Wildman–Crippen LogP) is 2.77. The number of halogens is 4. The minimum atomic E-state index is -5.08. The van der Waals surface area contributed by atoms with Crippen molar-refractivity contribution in [2.24, 2.45) is 5.73 Å². The maximum absolute atomic E-state index is 13.4. The van der Waals surface area contributed by atoms with Crippen molar-refractivity contribution in [3.05, 3.63) is 29.6 Å². The van der Waals surface area contributed by atoms with E-state index in [2.05, 4.69) is 5.32 Å². The third kappa shape index (κ3) is 8.46. The molecule has 1 aromatic rings. The first-order chi connectivity index (χ1) is 14.1. The molecule has 1 aliphatic rings. The van der Waals surface area contributed by atoms with Gasteiger partial charge in [-0.25, -0.2) is 9.18 Å². The predicted molar refractivity (Wildman–Crippen MR) is 104 cm³/mol. The van der Waals surface area contributed by atoms with Crippen LogP contribution in [0.15, 0.2) is 18.2 Å². The summed E-state index contributed by atoms with van der Waals surface area (Å²) in [6.07, 6.45) is -2.84. The molecule has 30 heavy (non-hydrogen) atoms. The summed E-state index contributed by atoms with van der Waals surface area (Å²) in [6.45, 7) is 1.40. The third-order valence-electron chi connectivity index (χ3n) is 4.01. The fourth-order valence-electron chi connectivity index (χ4n) is 2.44. The van der Waals surface area contributed by atoms with E-state index in [4.69, 9.17) is 20.9 Å². The average Bonchev–Trinajstić information content (AvgIpc) is 3.21. The van der Waals surface area contributed by atoms with Crippen molar-refractivity contribution in [2.45, 2.75) is 31.5 Å². The third-order valence-corrected chi connectivity index (χ3v) is 4.97. The molecule has 7 nitrogen and oxygen atoms in total. The highest BCUT2D eigenvalue weighted by molar-refractivity contribution is 7.99. The van der Waals surface area contributed by atoms with Crippen LogP contribution in [-0.4, -0.2) is 58.8 Å². The number of carboxylic acid groups (broad SMARTS) is 1. The molecule has 1 fully saturated rings. The van der Waals surface area contributed by atoms with Gasteiger partial charge in [0.1, 0.15) is 17.4 Å². The maximum atomic E-state index is 13.4. The van der Waals surface area contributed by atoms with Crippen LogP contribution in [0, 0.1) is 17.1 Å². The van der Waals surface area contributed by atoms with Crippen LogP contribution in [0.1, 0.15) is 24.8 Å². The van der Waals surface area contributed by atoms with Crippen molar-refractivity contribution in [2.75, 3.05) is 30.0 Å². The number of benzene rings is 1. The molecule has 0 unspecified atom stereocenters. The van der Waals surface area contributed by atoms with Crippen LogP contribution in [0.25, 0.3) is 0 Å². The highest BCUT2D eigenvalue weighted by Crippen LogP contribution is 2.18. The van der Waals surface area contributed by atoms with E-state index in [0.29, 0.717) is 18.7 Å². The summed E-state index contributed by atoms with van der Waals surface area (Å²) >= 11 is 1.74. The first-order valence-corrected chi connectivity index (χ1v) is 10.1. The minimum Gasteiger partial charge on any atom is -0.475 e. The lowest BCUT2D eigenvalue weighted by Gasteiger charge is -2.19. The maximum Gasteiger partial charge on any atom is 0.490 e. The number of carbonyl (C=O) groups is 2. The quantitative estimate of drug-likeness (QED) is 0.432. The Hall–Kier alpha value is -2.52. The van der Waals surface area contributed by atoms with Crippen LogP contribution < -0.4 is 11.1 Å². The lowest BCUT2D eigenvalue weighted by molar-refractivity contribution is -0.192. The molecule has 0 radical (unpaired) electrons. The molecule has 0 saturated carbocycles. The number of unbranched alkanes of at least 4 members (excludes halogenated alkanes) is 1. The summed E-state index contributed by atoms with van der Waals surface area (Å²) in [4.78, 5) is 22.7. The van der Waals surface area contributed by atoms with E-state index in [9.17, 15) is 22.4 Å². The molecule has 0 bridgehead atoms. The molecule has 0 aliphatic carbocycles. The number of nitriles is 1. The number of carboxylic acids is 1. The van der Waals surface area contributed by atoms with Gasteiger partial charge in [-0.05, 0) is 31.4 Å². The molecule has 1 heterocycles. The Morgan fingerprint density at radius 1 is 1.37 bits per heavy atom. The molecule has 1 aromatic carbocycles. The standard InChI is InChI=1S/C16H21FN4OS.C2HF3O2/c17-13-4-3-6-15(12(13)10-18)20-7-2-1-5-14(19)16(22)21-8-9-23-11-21;3-2(4,5)1(6)7/h3-4,6,14,20H,1-2,5,7-9,11,19H2;(H,6,7)/t14-;/m0./s1. The van der Waals surface area contributed by atoms with Crippen molar-refractivity contribution < 1.29 is 32.3 Å². The van der Waals surface area contributed by atoms with Crippen LogP contribution in [0.3, 0.4) is 0 Å². The molecule has 4 N–H and O–H groups in total. The summed E-state index contributed by atoms with van der Waals surface area (Å²) in [5, 5.41) is 19.1. The molecule has 0 spiro atoms. The molecular formula is C18H22F4N4O3S. The Labute approximate surface area is 175 Å². The second-order valence-corrected chi connectivity index (χ2v) is 7.32. The number of anilines is 1. The number of thioether (sulfide) groups is 1. The number of carbonyl (C=O) groups excluding carboxylic acids is 1. The molecule has 1 saturated heterocycles. The first kappa shape index (κ1) is 25.5. The molecule has 1 aliphatic heterocycles. The topological polar surface area (TPSA) is 119 Å². The van der Waals surface area contributed by atoms with Gasteiger partial charge in [0.2, 0.25) is 5.91 Å². The molecule has 166 valence electrons. The molecule has 12 heteroatoms. The van der Waals surface area contributed by atoms with Gasteiger partial charge < -0.3 is 21.1 Å². The van der Waals surface area contributed by atoms with Gasteiger partial charge >= 0.3 is 12.1 Å². The van der Waals surface area contributed by atoms with E-state index in [-0.39, 0.29) is 11.5 Å². The number of nitrogens with one attached hydrogen (secondary N) is 1. The van der Waals surface area contributed by atoms with E-state index in [1.807, 2.05) is 6.07 Å². The molecule has 0 aromatic heterocycles. The smallest absolute Gasteiger partial charge is 0.475 e. The molecule has 1 atom stereocenters. The second kappa shape index (κ2) is 12.2. The lowest BCUT2D eigenvalue weighted by Crippen LogP contribution is -2.42. The van der Waals surface area contributed by atoms with Crippen molar-refractivity contribution in [3.8, 4) is 6.07 Å². The van der Waals surface area contributed by atoms with E-state index < -0.39 is 24.0 Å². The SMILES string of the molecule is N#Cc1c(F)cccc1NCCCC[C@H](N)C(=O)N1CCSC1.O=C(O)C(F)(F)F. The van der Waals surface area contributed by atoms with E-state index >= 15 is 0 Å². The Morgan fingerprint density at radius 2 is 2.03 bits per heavy atom. The van der Waals surface area contributed by atoms with Crippen molar-refractivity contribution in [1.82, 2.24) is 4.90 Å². The summed E-state index contributed by atoms with van der Waals surface area (Å²) in [6, 6.07) is 5.93. The summed E-state index contributed by atoms with van der Waals surface area (Å²) < 4.78 is 45.2. The van der Waals surface area contributed by atoms with Crippen LogP contribution in [0.2, 0.25) is 0 Å². The van der Waals surface area contributed by atoms with Crippen LogP contribution >= 0.6 is 11.8 Å². The zero-order valence-electron chi connectivity index (χ0n) is 15.9. The molecule has 2 rings (SSSR count). The van der Waals surface area contributed by atoms with Crippen molar-refractivity contribution >= 4 is 29.3 Å². The van der Waals surface area contributed by atoms with Gasteiger partial charge in [0.25, 0.3) is 0 Å². The van der Waals surface area contributed by atoms with Gasteiger partial charge in [-0.1, -0.05) is 6.07 Å². The van der Waals surface area contributed by atoms with Crippen molar-refractivity contribution in [3.63, 3.8) is 0 Å². The Balaban J connectivity index is 0.000000553. The number of amides is 1. The Kier molecular flexibility index (Phi) is 10.4. The zero-order valence-corrected chi connectivity index (χ0v) is 16.7. The van der Waals surface area contributed by atoms with E-state index in [1.165, 1.54) is 6.07 Å². The minimum absolute atomic E-state index is 0.0276. The van der Waals surface area contributed by atoms with Crippen molar-refractivity contribution in [1.29, 1.82) is 5.26 Å². The second-order valence-electron chi connectivity index (χ2n) is 6.25. The van der Waals surface area contributed by atoms with Gasteiger partial charge in [0.15, 0.2) is 0 Å². The first-order valence-electron chi connectivity index (χ1n) is 8.92. The fourth-order valence-corrected chi connectivity index (χ4v) is 3.40. The van der Waals surface area contributed by atoms with Gasteiger partial charge in [-0.3, -0.25) is 4.79 Å². The number of nitrogens with zero attached hydrogens (tertiary/aromatic N) is 2. The monoisotopic (exact) mass is 450 g/mol. The highest BCUT2D eigenvalue weighted by Gasteiger charge is 2.38. The summed E-state index contributed by atoms with van der Waals surface area (Å²) in [5.41, 5.74) is 6.48. The number of hydrogen-bond donors (Lipinski definition) is 3. The normalized spacial score (nSPS) is 14.3. The average molecular weight is 450 g/mol. The number of nitrogens with two attached hydrogens (primary N) is 1. The fraction of sp³-hybridized carbons (Fsp3) is 0.500. The number of rotatable bonds is 7. The highest BCUT2D eigenvalue weighted by atomic mass is 32.2. The molecule has 1 amide bonds. The summed E-state index contributed by atoms with van der Waals surface area (Å²) in [7, 11) is 0. The van der Waals surface area contributed by atoms with Crippen LogP contribution in [-0.2, 0) is 9.59 Å². The Morgan fingerprint density at radius 3 is 2.57 bits per heavy atom. The lowest BCUT2D eigenvalue weighted by atomic mass is 10.1. The number of hydrogen-bond acceptors (Lipinski definition) is 6. The van der Waals surface area contributed by atoms with E-state index in [0.717, 1.165) is 31.0 Å². The molecular weight excluding hydrogens is 428 g/mol. The van der Waals surface area contributed by atoms with Gasteiger partial charge in [0.05, 0.1) is 17.6 Å². The van der Waals surface area contributed by atoms with Gasteiger partial charge in [-0.2, -0.15) is 18.4 Å².